The zero-order chi connectivity index (χ0) is 24.2. The van der Waals surface area contributed by atoms with Gasteiger partial charge in [0, 0.05) is 33.7 Å². The first-order chi connectivity index (χ1) is 16.4. The summed E-state index contributed by atoms with van der Waals surface area (Å²) in [5.41, 5.74) is 4.25. The maximum absolute atomic E-state index is 13.1. The molecule has 0 spiro atoms. The summed E-state index contributed by atoms with van der Waals surface area (Å²) in [6.07, 6.45) is 0. The molecule has 7 heteroatoms. The highest BCUT2D eigenvalue weighted by Gasteiger charge is 2.15. The van der Waals surface area contributed by atoms with Gasteiger partial charge in [-0.25, -0.2) is 4.98 Å². The van der Waals surface area contributed by atoms with Crippen LogP contribution in [0.5, 0.6) is 17.2 Å². The monoisotopic (exact) mass is 476 g/mol. The predicted octanol–water partition coefficient (Wildman–Crippen LogP) is 6.53. The second-order valence-electron chi connectivity index (χ2n) is 7.66. The largest absolute Gasteiger partial charge is 0.497 e. The van der Waals surface area contributed by atoms with Gasteiger partial charge in [0.15, 0.2) is 0 Å². The fourth-order valence-electron chi connectivity index (χ4n) is 3.67. The van der Waals surface area contributed by atoms with Crippen molar-refractivity contribution in [3.05, 3.63) is 76.8 Å². The fourth-order valence-corrected chi connectivity index (χ4v) is 3.82. The number of hydrogen-bond donors (Lipinski definition) is 1. The van der Waals surface area contributed by atoms with Crippen LogP contribution in [0.25, 0.3) is 22.2 Å². The Bertz CT molecular complexity index is 1370. The molecule has 1 aromatic heterocycles. The number of amides is 1. The van der Waals surface area contributed by atoms with Gasteiger partial charge in [0.1, 0.15) is 17.2 Å². The van der Waals surface area contributed by atoms with Gasteiger partial charge >= 0.3 is 0 Å². The molecule has 0 bridgehead atoms. The molecule has 0 radical (unpaired) electrons. The summed E-state index contributed by atoms with van der Waals surface area (Å²) in [6.45, 7) is 4.27. The summed E-state index contributed by atoms with van der Waals surface area (Å²) in [5, 5.41) is 4.23. The van der Waals surface area contributed by atoms with Crippen molar-refractivity contribution in [1.82, 2.24) is 4.98 Å². The Morgan fingerprint density at radius 1 is 1.00 bits per heavy atom. The van der Waals surface area contributed by atoms with Crippen molar-refractivity contribution in [2.45, 2.75) is 13.8 Å². The van der Waals surface area contributed by atoms with Gasteiger partial charge in [0.25, 0.3) is 5.91 Å². The van der Waals surface area contributed by atoms with E-state index >= 15 is 0 Å². The Morgan fingerprint density at radius 3 is 2.56 bits per heavy atom. The molecular formula is C27H25ClN2O4. The van der Waals surface area contributed by atoms with Gasteiger partial charge in [-0.05, 0) is 55.8 Å². The van der Waals surface area contributed by atoms with Gasteiger partial charge in [-0.2, -0.15) is 0 Å². The summed E-state index contributed by atoms with van der Waals surface area (Å²) < 4.78 is 16.6. The molecule has 1 amide bonds. The first-order valence-electron chi connectivity index (χ1n) is 10.8. The van der Waals surface area contributed by atoms with Crippen LogP contribution in [0.2, 0.25) is 5.02 Å². The van der Waals surface area contributed by atoms with Crippen LogP contribution in [-0.2, 0) is 0 Å². The molecule has 4 aromatic rings. The van der Waals surface area contributed by atoms with E-state index in [1.165, 1.54) is 7.11 Å². The Morgan fingerprint density at radius 2 is 1.82 bits per heavy atom. The third-order valence-corrected chi connectivity index (χ3v) is 5.83. The molecule has 0 aliphatic rings. The third kappa shape index (κ3) is 4.77. The maximum Gasteiger partial charge on any atom is 0.255 e. The highest BCUT2D eigenvalue weighted by atomic mass is 35.5. The highest BCUT2D eigenvalue weighted by molar-refractivity contribution is 6.31. The Hall–Kier alpha value is -3.77. The van der Waals surface area contributed by atoms with E-state index in [1.807, 2.05) is 50.2 Å². The van der Waals surface area contributed by atoms with Crippen LogP contribution in [0.3, 0.4) is 0 Å². The number of nitrogens with one attached hydrogen (secondary N) is 1. The number of aryl methyl sites for hydroxylation is 1. The summed E-state index contributed by atoms with van der Waals surface area (Å²) in [6, 6.07) is 18.4. The number of halogens is 1. The van der Waals surface area contributed by atoms with Gasteiger partial charge in [-0.15, -0.1) is 0 Å². The Balaban J connectivity index is 1.73. The normalized spacial score (nSPS) is 10.7. The molecular weight excluding hydrogens is 452 g/mol. The number of hydrogen-bond acceptors (Lipinski definition) is 5. The summed E-state index contributed by atoms with van der Waals surface area (Å²) in [5.74, 6) is 1.61. The average Bonchev–Trinajstić information content (AvgIpc) is 2.85. The van der Waals surface area contributed by atoms with Gasteiger partial charge in [0.2, 0.25) is 0 Å². The zero-order valence-corrected chi connectivity index (χ0v) is 20.2. The van der Waals surface area contributed by atoms with Crippen molar-refractivity contribution in [1.29, 1.82) is 0 Å². The van der Waals surface area contributed by atoms with E-state index < -0.39 is 0 Å². The van der Waals surface area contributed by atoms with E-state index in [-0.39, 0.29) is 5.91 Å². The number of aromatic nitrogens is 1. The lowest BCUT2D eigenvalue weighted by molar-refractivity contribution is 0.102. The predicted molar refractivity (Wildman–Crippen MR) is 136 cm³/mol. The van der Waals surface area contributed by atoms with Crippen molar-refractivity contribution in [2.24, 2.45) is 0 Å². The lowest BCUT2D eigenvalue weighted by Crippen LogP contribution is -2.13. The van der Waals surface area contributed by atoms with Crippen molar-refractivity contribution in [2.75, 3.05) is 26.1 Å². The van der Waals surface area contributed by atoms with E-state index in [9.17, 15) is 4.79 Å². The van der Waals surface area contributed by atoms with Crippen LogP contribution in [0, 0.1) is 6.92 Å². The van der Waals surface area contributed by atoms with Crippen molar-refractivity contribution < 1.29 is 19.0 Å². The molecule has 0 atom stereocenters. The number of pyridine rings is 1. The zero-order valence-electron chi connectivity index (χ0n) is 19.4. The quantitative estimate of drug-likeness (QED) is 0.328. The SMILES string of the molecule is CCOc1cc(-c2cccc(OC)c2)nc2ccc(C(=O)Nc3cc(C)c(Cl)cc3OC)cc12. The lowest BCUT2D eigenvalue weighted by Gasteiger charge is -2.14. The van der Waals surface area contributed by atoms with E-state index in [1.54, 1.807) is 31.4 Å². The minimum atomic E-state index is -0.277. The number of carbonyl (C=O) groups is 1. The number of benzene rings is 3. The number of ether oxygens (including phenoxy) is 3. The fraction of sp³-hybridized carbons (Fsp3) is 0.185. The molecule has 4 rings (SSSR count). The molecule has 0 unspecified atom stereocenters. The van der Waals surface area contributed by atoms with E-state index in [2.05, 4.69) is 5.32 Å². The lowest BCUT2D eigenvalue weighted by atomic mass is 10.1. The summed E-state index contributed by atoms with van der Waals surface area (Å²) >= 11 is 6.18. The first kappa shape index (κ1) is 23.4. The molecule has 0 aliphatic heterocycles. The molecule has 6 nitrogen and oxygen atoms in total. The molecule has 0 aliphatic carbocycles. The van der Waals surface area contributed by atoms with Gasteiger partial charge < -0.3 is 19.5 Å². The van der Waals surface area contributed by atoms with Crippen LogP contribution >= 0.6 is 11.6 Å². The second kappa shape index (κ2) is 10.0. The number of fused-ring (bicyclic) bond motifs is 1. The third-order valence-electron chi connectivity index (χ3n) is 5.43. The van der Waals surface area contributed by atoms with Crippen LogP contribution in [0.1, 0.15) is 22.8 Å². The van der Waals surface area contributed by atoms with Crippen LogP contribution in [0.4, 0.5) is 5.69 Å². The maximum atomic E-state index is 13.1. The molecule has 1 heterocycles. The van der Waals surface area contributed by atoms with Gasteiger partial charge in [-0.1, -0.05) is 23.7 Å². The standard InChI is InChI=1S/C27H25ClN2O4/c1-5-34-25-15-23(17-7-6-8-19(12-17)32-3)29-22-10-9-18(13-20(22)25)27(31)30-24-11-16(2)21(28)14-26(24)33-4/h6-15H,5H2,1-4H3,(H,30,31). The second-order valence-corrected chi connectivity index (χ2v) is 8.07. The summed E-state index contributed by atoms with van der Waals surface area (Å²) in [7, 11) is 3.17. The number of rotatable bonds is 7. The molecule has 34 heavy (non-hydrogen) atoms. The number of anilines is 1. The molecule has 0 saturated carbocycles. The molecule has 0 fully saturated rings. The van der Waals surface area contributed by atoms with Crippen molar-refractivity contribution in [3.63, 3.8) is 0 Å². The summed E-state index contributed by atoms with van der Waals surface area (Å²) in [4.78, 5) is 17.9. The Labute approximate surface area is 203 Å². The topological polar surface area (TPSA) is 69.7 Å². The van der Waals surface area contributed by atoms with E-state index in [0.29, 0.717) is 34.4 Å². The number of nitrogens with zero attached hydrogens (tertiary/aromatic N) is 1. The van der Waals surface area contributed by atoms with Crippen molar-refractivity contribution in [3.8, 4) is 28.5 Å². The molecule has 1 N–H and O–H groups in total. The van der Waals surface area contributed by atoms with Crippen LogP contribution in [-0.4, -0.2) is 31.7 Å². The Kier molecular flexibility index (Phi) is 6.89. The highest BCUT2D eigenvalue weighted by Crippen LogP contribution is 2.34. The van der Waals surface area contributed by atoms with Crippen LogP contribution in [0.15, 0.2) is 60.7 Å². The minimum Gasteiger partial charge on any atom is -0.497 e. The molecule has 3 aromatic carbocycles. The smallest absolute Gasteiger partial charge is 0.255 e. The number of methoxy groups -OCH3 is 2. The van der Waals surface area contributed by atoms with E-state index in [0.717, 1.165) is 33.5 Å². The van der Waals surface area contributed by atoms with E-state index in [4.69, 9.17) is 30.8 Å². The van der Waals surface area contributed by atoms with Gasteiger partial charge in [0.05, 0.1) is 37.7 Å². The average molecular weight is 477 g/mol. The minimum absolute atomic E-state index is 0.277. The number of carbonyl (C=O) groups excluding carboxylic acids is 1. The first-order valence-corrected chi connectivity index (χ1v) is 11.2. The van der Waals surface area contributed by atoms with Crippen molar-refractivity contribution >= 4 is 34.1 Å². The molecule has 0 saturated heterocycles. The molecule has 174 valence electrons. The van der Waals surface area contributed by atoms with Gasteiger partial charge in [-0.3, -0.25) is 4.79 Å². The van der Waals surface area contributed by atoms with Crippen LogP contribution < -0.4 is 19.5 Å².